The van der Waals surface area contributed by atoms with Crippen molar-refractivity contribution in [3.63, 3.8) is 0 Å². The molecule has 0 aliphatic rings. The molecule has 0 saturated carbocycles. The molecule has 0 radical (unpaired) electrons. The van der Waals surface area contributed by atoms with Crippen molar-refractivity contribution in [2.75, 3.05) is 20.1 Å². The van der Waals surface area contributed by atoms with Crippen LogP contribution in [0.4, 0.5) is 13.2 Å². The van der Waals surface area contributed by atoms with Crippen molar-refractivity contribution in [1.82, 2.24) is 10.2 Å². The van der Waals surface area contributed by atoms with Crippen molar-refractivity contribution in [3.05, 3.63) is 20.8 Å². The summed E-state index contributed by atoms with van der Waals surface area (Å²) in [6.45, 7) is -0.828. The van der Waals surface area contributed by atoms with Crippen LogP contribution in [-0.4, -0.2) is 37.1 Å². The Hall–Kier alpha value is -0.600. The minimum Gasteiger partial charge on any atom is -0.346 e. The minimum atomic E-state index is -4.37. The summed E-state index contributed by atoms with van der Waals surface area (Å²) in [4.78, 5) is 13.9. The topological polar surface area (TPSA) is 32.3 Å². The van der Waals surface area contributed by atoms with Crippen LogP contribution in [0.3, 0.4) is 0 Å². The number of alkyl halides is 3. The van der Waals surface area contributed by atoms with Gasteiger partial charge in [-0.2, -0.15) is 13.2 Å². The van der Waals surface area contributed by atoms with Crippen LogP contribution in [-0.2, 0) is 11.3 Å². The number of rotatable bonds is 5. The lowest BCUT2D eigenvalue weighted by Crippen LogP contribution is -2.39. The summed E-state index contributed by atoms with van der Waals surface area (Å²) in [5, 5.41) is 1.83. The molecule has 1 aromatic rings. The molecule has 18 heavy (non-hydrogen) atoms. The molecule has 3 nitrogen and oxygen atoms in total. The van der Waals surface area contributed by atoms with Crippen molar-refractivity contribution >= 4 is 33.2 Å². The van der Waals surface area contributed by atoms with Crippen LogP contribution in [0, 0.1) is 0 Å². The van der Waals surface area contributed by atoms with E-state index in [0.29, 0.717) is 6.54 Å². The Morgan fingerprint density at radius 3 is 2.67 bits per heavy atom. The van der Waals surface area contributed by atoms with Gasteiger partial charge >= 0.3 is 6.18 Å². The molecule has 0 unspecified atom stereocenters. The van der Waals surface area contributed by atoms with Crippen LogP contribution in [0.5, 0.6) is 0 Å². The minimum absolute atomic E-state index is 0.0639. The predicted molar refractivity (Wildman–Crippen MR) is 67.4 cm³/mol. The van der Waals surface area contributed by atoms with E-state index in [4.69, 9.17) is 0 Å². The zero-order valence-electron chi connectivity index (χ0n) is 9.55. The van der Waals surface area contributed by atoms with Crippen LogP contribution in [0.1, 0.15) is 4.88 Å². The lowest BCUT2D eigenvalue weighted by atomic mass is 10.4. The van der Waals surface area contributed by atoms with E-state index in [1.165, 1.54) is 11.3 Å². The zero-order chi connectivity index (χ0) is 13.8. The SMILES string of the molecule is CN(CC(=O)NCC(F)(F)F)Cc1ccc(Br)s1. The van der Waals surface area contributed by atoms with Gasteiger partial charge in [0.05, 0.1) is 10.3 Å². The number of nitrogens with one attached hydrogen (secondary N) is 1. The van der Waals surface area contributed by atoms with Crippen LogP contribution in [0.25, 0.3) is 0 Å². The van der Waals surface area contributed by atoms with Crippen molar-refractivity contribution in [3.8, 4) is 0 Å². The molecule has 1 aromatic heterocycles. The number of halogens is 4. The van der Waals surface area contributed by atoms with Gasteiger partial charge in [0, 0.05) is 11.4 Å². The zero-order valence-corrected chi connectivity index (χ0v) is 12.0. The Balaban J connectivity index is 2.31. The molecule has 0 aliphatic heterocycles. The van der Waals surface area contributed by atoms with E-state index in [9.17, 15) is 18.0 Å². The van der Waals surface area contributed by atoms with Crippen molar-refractivity contribution in [2.45, 2.75) is 12.7 Å². The third-order valence-electron chi connectivity index (χ3n) is 1.95. The number of hydrogen-bond donors (Lipinski definition) is 1. The third-order valence-corrected chi connectivity index (χ3v) is 3.56. The molecular formula is C10H12BrF3N2OS. The molecule has 102 valence electrons. The third kappa shape index (κ3) is 6.36. The maximum absolute atomic E-state index is 11.9. The highest BCUT2D eigenvalue weighted by Crippen LogP contribution is 2.22. The number of amides is 1. The van der Waals surface area contributed by atoms with Crippen molar-refractivity contribution in [1.29, 1.82) is 0 Å². The normalized spacial score (nSPS) is 11.9. The predicted octanol–water partition coefficient (Wildman–Crippen LogP) is 2.62. The van der Waals surface area contributed by atoms with Crippen molar-refractivity contribution in [2.24, 2.45) is 0 Å². The van der Waals surface area contributed by atoms with Gasteiger partial charge in [-0.15, -0.1) is 11.3 Å². The fraction of sp³-hybridized carbons (Fsp3) is 0.500. The van der Waals surface area contributed by atoms with E-state index in [1.807, 2.05) is 17.4 Å². The maximum Gasteiger partial charge on any atom is 0.405 e. The second-order valence-electron chi connectivity index (χ2n) is 3.77. The molecule has 1 heterocycles. The summed E-state index contributed by atoms with van der Waals surface area (Å²) in [6, 6.07) is 3.79. The van der Waals surface area contributed by atoms with E-state index in [0.717, 1.165) is 8.66 Å². The first kappa shape index (κ1) is 15.5. The average molecular weight is 345 g/mol. The van der Waals surface area contributed by atoms with Gasteiger partial charge in [0.2, 0.25) is 5.91 Å². The Bertz CT molecular complexity index is 408. The van der Waals surface area contributed by atoms with Crippen LogP contribution >= 0.6 is 27.3 Å². The molecular weight excluding hydrogens is 333 g/mol. The average Bonchev–Trinajstić information content (AvgIpc) is 2.59. The molecule has 1 N–H and O–H groups in total. The molecule has 0 aromatic carbocycles. The highest BCUT2D eigenvalue weighted by atomic mass is 79.9. The van der Waals surface area contributed by atoms with Gasteiger partial charge in [0.25, 0.3) is 0 Å². The molecule has 0 bridgehead atoms. The number of likely N-dealkylation sites (N-methyl/N-ethyl adjacent to an activating group) is 1. The van der Waals surface area contributed by atoms with Gasteiger partial charge in [-0.05, 0) is 35.1 Å². The highest BCUT2D eigenvalue weighted by Gasteiger charge is 2.27. The Kier molecular flexibility index (Phi) is 5.61. The van der Waals surface area contributed by atoms with Crippen LogP contribution < -0.4 is 5.32 Å². The lowest BCUT2D eigenvalue weighted by Gasteiger charge is -2.15. The molecule has 0 fully saturated rings. The maximum atomic E-state index is 11.9. The first-order chi connectivity index (χ1) is 8.26. The van der Waals surface area contributed by atoms with Gasteiger partial charge < -0.3 is 5.32 Å². The van der Waals surface area contributed by atoms with Gasteiger partial charge in [-0.3, -0.25) is 9.69 Å². The number of carbonyl (C=O) groups excluding carboxylic acids is 1. The Morgan fingerprint density at radius 2 is 2.17 bits per heavy atom. The van der Waals surface area contributed by atoms with Gasteiger partial charge in [0.1, 0.15) is 6.54 Å². The molecule has 0 atom stereocenters. The largest absolute Gasteiger partial charge is 0.405 e. The second kappa shape index (κ2) is 6.53. The summed E-state index contributed by atoms with van der Waals surface area (Å²) in [6.07, 6.45) is -4.37. The monoisotopic (exact) mass is 344 g/mol. The van der Waals surface area contributed by atoms with Crippen molar-refractivity contribution < 1.29 is 18.0 Å². The molecule has 0 spiro atoms. The van der Waals surface area contributed by atoms with Gasteiger partial charge in [-0.1, -0.05) is 0 Å². The van der Waals surface area contributed by atoms with E-state index in [1.54, 1.807) is 11.9 Å². The molecule has 8 heteroatoms. The van der Waals surface area contributed by atoms with Gasteiger partial charge in [-0.25, -0.2) is 0 Å². The standard InChI is InChI=1S/C10H12BrF3N2OS/c1-16(4-7-2-3-8(11)18-7)5-9(17)15-6-10(12,13)14/h2-3H,4-6H2,1H3,(H,15,17). The summed E-state index contributed by atoms with van der Waals surface area (Å²) in [5.41, 5.74) is 0. The quantitative estimate of drug-likeness (QED) is 0.890. The lowest BCUT2D eigenvalue weighted by molar-refractivity contribution is -0.138. The van der Waals surface area contributed by atoms with Crippen LogP contribution in [0.15, 0.2) is 15.9 Å². The number of carbonyl (C=O) groups is 1. The summed E-state index contributed by atoms with van der Waals surface area (Å²) in [5.74, 6) is -0.634. The highest BCUT2D eigenvalue weighted by molar-refractivity contribution is 9.11. The molecule has 0 saturated heterocycles. The first-order valence-electron chi connectivity index (χ1n) is 5.02. The fourth-order valence-corrected chi connectivity index (χ4v) is 2.82. The number of nitrogens with zero attached hydrogens (tertiary/aromatic N) is 1. The smallest absolute Gasteiger partial charge is 0.346 e. The first-order valence-corrected chi connectivity index (χ1v) is 6.63. The van der Waals surface area contributed by atoms with E-state index in [2.05, 4.69) is 15.9 Å². The summed E-state index contributed by atoms with van der Waals surface area (Å²) < 4.78 is 36.6. The molecule has 1 rings (SSSR count). The summed E-state index contributed by atoms with van der Waals surface area (Å²) >= 11 is 4.84. The molecule has 0 aliphatic carbocycles. The van der Waals surface area contributed by atoms with Gasteiger partial charge in [0.15, 0.2) is 0 Å². The second-order valence-corrected chi connectivity index (χ2v) is 6.32. The summed E-state index contributed by atoms with van der Waals surface area (Å²) in [7, 11) is 1.68. The van der Waals surface area contributed by atoms with Crippen LogP contribution in [0.2, 0.25) is 0 Å². The van der Waals surface area contributed by atoms with E-state index in [-0.39, 0.29) is 6.54 Å². The fourth-order valence-electron chi connectivity index (χ4n) is 1.26. The van der Waals surface area contributed by atoms with E-state index >= 15 is 0 Å². The molecule has 1 amide bonds. The number of hydrogen-bond acceptors (Lipinski definition) is 3. The van der Waals surface area contributed by atoms with E-state index < -0.39 is 18.6 Å². The number of thiophene rings is 1. The Morgan fingerprint density at radius 1 is 1.50 bits per heavy atom. The Labute approximate surface area is 115 Å².